The summed E-state index contributed by atoms with van der Waals surface area (Å²) in [6.45, 7) is 0. The van der Waals surface area contributed by atoms with Gasteiger partial charge in [0.1, 0.15) is 12.7 Å². The highest BCUT2D eigenvalue weighted by molar-refractivity contribution is 6.04. The zero-order valence-corrected chi connectivity index (χ0v) is 10.5. The fourth-order valence-corrected chi connectivity index (χ4v) is 1.71. The fraction of sp³-hybridized carbons (Fsp3) is 0. The van der Waals surface area contributed by atoms with Crippen LogP contribution in [0.25, 0.3) is 5.82 Å². The molecule has 6 heteroatoms. The van der Waals surface area contributed by atoms with Gasteiger partial charge < -0.3 is 5.32 Å². The molecule has 2 aromatic heterocycles. The van der Waals surface area contributed by atoms with Crippen molar-refractivity contribution in [3.8, 4) is 5.82 Å². The first-order valence-electron chi connectivity index (χ1n) is 6.00. The third-order valence-electron chi connectivity index (χ3n) is 2.70. The van der Waals surface area contributed by atoms with Gasteiger partial charge in [-0.25, -0.2) is 14.6 Å². The van der Waals surface area contributed by atoms with Gasteiger partial charge in [0, 0.05) is 5.56 Å². The Morgan fingerprint density at radius 3 is 2.60 bits per heavy atom. The molecule has 0 aliphatic heterocycles. The topological polar surface area (TPSA) is 72.7 Å². The molecule has 1 N–H and O–H groups in total. The molecule has 1 amide bonds. The standard InChI is InChI=1S/C14H11N5O/c20-14(11-4-2-1-3-5-11)18-12-6-7-13(16-8-12)19-10-15-9-17-19/h1-10H,(H,18,20). The van der Waals surface area contributed by atoms with Crippen LogP contribution in [0, 0.1) is 0 Å². The molecule has 2 heterocycles. The first kappa shape index (κ1) is 12.0. The highest BCUT2D eigenvalue weighted by atomic mass is 16.1. The minimum atomic E-state index is -0.166. The number of carbonyl (C=O) groups is 1. The van der Waals surface area contributed by atoms with E-state index in [0.717, 1.165) is 0 Å². The van der Waals surface area contributed by atoms with Crippen molar-refractivity contribution in [1.29, 1.82) is 0 Å². The molecule has 3 rings (SSSR count). The summed E-state index contributed by atoms with van der Waals surface area (Å²) in [7, 11) is 0. The predicted molar refractivity (Wildman–Crippen MR) is 73.5 cm³/mol. The monoisotopic (exact) mass is 265 g/mol. The number of aromatic nitrogens is 4. The van der Waals surface area contributed by atoms with Gasteiger partial charge in [-0.1, -0.05) is 18.2 Å². The number of nitrogens with zero attached hydrogens (tertiary/aromatic N) is 4. The number of anilines is 1. The van der Waals surface area contributed by atoms with E-state index in [-0.39, 0.29) is 5.91 Å². The van der Waals surface area contributed by atoms with Gasteiger partial charge in [-0.05, 0) is 24.3 Å². The van der Waals surface area contributed by atoms with E-state index >= 15 is 0 Å². The minimum absolute atomic E-state index is 0.166. The van der Waals surface area contributed by atoms with Crippen LogP contribution in [-0.2, 0) is 0 Å². The summed E-state index contributed by atoms with van der Waals surface area (Å²) in [5.74, 6) is 0.473. The highest BCUT2D eigenvalue weighted by Gasteiger charge is 2.05. The normalized spacial score (nSPS) is 10.2. The molecule has 0 unspecified atom stereocenters. The molecule has 6 nitrogen and oxygen atoms in total. The maximum absolute atomic E-state index is 12.0. The summed E-state index contributed by atoms with van der Waals surface area (Å²) in [6.07, 6.45) is 4.58. The minimum Gasteiger partial charge on any atom is -0.321 e. The lowest BCUT2D eigenvalue weighted by molar-refractivity contribution is 0.102. The number of nitrogens with one attached hydrogen (secondary N) is 1. The molecule has 0 atom stereocenters. The maximum Gasteiger partial charge on any atom is 0.255 e. The van der Waals surface area contributed by atoms with Crippen molar-refractivity contribution in [1.82, 2.24) is 19.7 Å². The summed E-state index contributed by atoms with van der Waals surface area (Å²) in [6, 6.07) is 12.5. The van der Waals surface area contributed by atoms with E-state index in [2.05, 4.69) is 20.4 Å². The Morgan fingerprint density at radius 2 is 1.95 bits per heavy atom. The van der Waals surface area contributed by atoms with Crippen LogP contribution in [0.2, 0.25) is 0 Å². The van der Waals surface area contributed by atoms with Crippen molar-refractivity contribution in [2.45, 2.75) is 0 Å². The summed E-state index contributed by atoms with van der Waals surface area (Å²) >= 11 is 0. The quantitative estimate of drug-likeness (QED) is 0.785. The Labute approximate surface area is 115 Å². The molecule has 0 aliphatic carbocycles. The number of pyridine rings is 1. The van der Waals surface area contributed by atoms with Gasteiger partial charge >= 0.3 is 0 Å². The summed E-state index contributed by atoms with van der Waals surface area (Å²) in [4.78, 5) is 20.0. The van der Waals surface area contributed by atoms with Gasteiger partial charge in [0.2, 0.25) is 0 Å². The van der Waals surface area contributed by atoms with Crippen molar-refractivity contribution < 1.29 is 4.79 Å². The van der Waals surface area contributed by atoms with Gasteiger partial charge in [-0.3, -0.25) is 4.79 Å². The predicted octanol–water partition coefficient (Wildman–Crippen LogP) is 1.91. The molecule has 1 aromatic carbocycles. The Hall–Kier alpha value is -3.02. The second-order valence-corrected chi connectivity index (χ2v) is 4.07. The van der Waals surface area contributed by atoms with Crippen LogP contribution in [0.3, 0.4) is 0 Å². The third kappa shape index (κ3) is 2.54. The number of hydrogen-bond acceptors (Lipinski definition) is 4. The lowest BCUT2D eigenvalue weighted by atomic mass is 10.2. The molecule has 0 saturated carbocycles. The van der Waals surface area contributed by atoms with E-state index in [9.17, 15) is 4.79 Å². The van der Waals surface area contributed by atoms with Gasteiger partial charge in [-0.15, -0.1) is 0 Å². The van der Waals surface area contributed by atoms with Gasteiger partial charge in [-0.2, -0.15) is 5.10 Å². The first-order valence-corrected chi connectivity index (χ1v) is 6.00. The second kappa shape index (κ2) is 5.31. The zero-order chi connectivity index (χ0) is 13.8. The van der Waals surface area contributed by atoms with Crippen molar-refractivity contribution in [3.05, 3.63) is 66.9 Å². The van der Waals surface area contributed by atoms with Crippen molar-refractivity contribution in [2.75, 3.05) is 5.32 Å². The largest absolute Gasteiger partial charge is 0.321 e. The van der Waals surface area contributed by atoms with E-state index in [4.69, 9.17) is 0 Å². The molecular formula is C14H11N5O. The molecule has 0 saturated heterocycles. The zero-order valence-electron chi connectivity index (χ0n) is 10.5. The van der Waals surface area contributed by atoms with E-state index in [1.54, 1.807) is 41.5 Å². The lowest BCUT2D eigenvalue weighted by Gasteiger charge is -2.05. The summed E-state index contributed by atoms with van der Waals surface area (Å²) < 4.78 is 1.54. The van der Waals surface area contributed by atoms with Crippen LogP contribution >= 0.6 is 0 Å². The van der Waals surface area contributed by atoms with Gasteiger partial charge in [0.15, 0.2) is 5.82 Å². The average Bonchev–Trinajstić information content (AvgIpc) is 3.03. The molecule has 0 radical (unpaired) electrons. The third-order valence-corrected chi connectivity index (χ3v) is 2.70. The van der Waals surface area contributed by atoms with Gasteiger partial charge in [0.25, 0.3) is 5.91 Å². The van der Waals surface area contributed by atoms with E-state index in [1.165, 1.54) is 6.33 Å². The molecule has 0 bridgehead atoms. The van der Waals surface area contributed by atoms with Crippen LogP contribution in [0.5, 0.6) is 0 Å². The summed E-state index contributed by atoms with van der Waals surface area (Å²) in [5, 5.41) is 6.76. The van der Waals surface area contributed by atoms with Crippen molar-refractivity contribution in [3.63, 3.8) is 0 Å². The number of hydrogen-bond donors (Lipinski definition) is 1. The molecule has 0 spiro atoms. The highest BCUT2D eigenvalue weighted by Crippen LogP contribution is 2.10. The summed E-state index contributed by atoms with van der Waals surface area (Å²) in [5.41, 5.74) is 1.23. The molecule has 98 valence electrons. The van der Waals surface area contributed by atoms with Crippen molar-refractivity contribution >= 4 is 11.6 Å². The van der Waals surface area contributed by atoms with Crippen LogP contribution in [0.1, 0.15) is 10.4 Å². The fourth-order valence-electron chi connectivity index (χ4n) is 1.71. The van der Waals surface area contributed by atoms with Crippen LogP contribution < -0.4 is 5.32 Å². The first-order chi connectivity index (χ1) is 9.83. The van der Waals surface area contributed by atoms with Crippen molar-refractivity contribution in [2.24, 2.45) is 0 Å². The Kier molecular flexibility index (Phi) is 3.20. The number of benzene rings is 1. The Balaban J connectivity index is 1.74. The molecule has 0 fully saturated rings. The van der Waals surface area contributed by atoms with Crippen LogP contribution in [-0.4, -0.2) is 25.7 Å². The number of rotatable bonds is 3. The Bertz CT molecular complexity index is 692. The van der Waals surface area contributed by atoms with Gasteiger partial charge in [0.05, 0.1) is 11.9 Å². The lowest BCUT2D eigenvalue weighted by Crippen LogP contribution is -2.12. The SMILES string of the molecule is O=C(Nc1ccc(-n2cncn2)nc1)c1ccccc1. The smallest absolute Gasteiger partial charge is 0.255 e. The van der Waals surface area contributed by atoms with Crippen LogP contribution in [0.15, 0.2) is 61.3 Å². The second-order valence-electron chi connectivity index (χ2n) is 4.07. The number of carbonyl (C=O) groups excluding carboxylic acids is 1. The molecular weight excluding hydrogens is 254 g/mol. The Morgan fingerprint density at radius 1 is 1.10 bits per heavy atom. The molecule has 0 aliphatic rings. The van der Waals surface area contributed by atoms with E-state index in [0.29, 0.717) is 17.1 Å². The van der Waals surface area contributed by atoms with E-state index in [1.807, 2.05) is 18.2 Å². The number of amides is 1. The van der Waals surface area contributed by atoms with E-state index < -0.39 is 0 Å². The molecule has 20 heavy (non-hydrogen) atoms. The average molecular weight is 265 g/mol. The molecule has 3 aromatic rings. The van der Waals surface area contributed by atoms with Crippen LogP contribution in [0.4, 0.5) is 5.69 Å². The maximum atomic E-state index is 12.0.